The van der Waals surface area contributed by atoms with Crippen LogP contribution in [0.15, 0.2) is 53.4 Å². The highest BCUT2D eigenvalue weighted by atomic mass is 35.5. The van der Waals surface area contributed by atoms with Crippen molar-refractivity contribution in [3.8, 4) is 5.75 Å². The number of nitrogens with zero attached hydrogens (tertiary/aromatic N) is 1. The summed E-state index contributed by atoms with van der Waals surface area (Å²) in [6.45, 7) is 2.47. The van der Waals surface area contributed by atoms with E-state index < -0.39 is 0 Å². The highest BCUT2D eigenvalue weighted by Crippen LogP contribution is 2.34. The number of thioether (sulfide) groups is 1. The number of halogens is 1. The summed E-state index contributed by atoms with van der Waals surface area (Å²) in [7, 11) is 0. The summed E-state index contributed by atoms with van der Waals surface area (Å²) in [4.78, 5) is 25.7. The molecule has 3 rings (SSSR count). The first-order chi connectivity index (χ1) is 12.1. The Morgan fingerprint density at radius 3 is 2.56 bits per heavy atom. The lowest BCUT2D eigenvalue weighted by Crippen LogP contribution is -2.27. The number of para-hydroxylation sites is 1. The number of hydrogen-bond acceptors (Lipinski definition) is 4. The normalized spacial score (nSPS) is 15.9. The molecule has 0 spiro atoms. The zero-order valence-corrected chi connectivity index (χ0v) is 15.1. The third-order valence-corrected chi connectivity index (χ3v) is 5.01. The van der Waals surface area contributed by atoms with Crippen LogP contribution in [0.2, 0.25) is 5.02 Å². The van der Waals surface area contributed by atoms with Gasteiger partial charge in [-0.05, 0) is 36.9 Å². The predicted molar refractivity (Wildman–Crippen MR) is 101 cm³/mol. The molecular formula is C19H16ClNO3S. The summed E-state index contributed by atoms with van der Waals surface area (Å²) in [5, 5.41) is 0.400. The van der Waals surface area contributed by atoms with Gasteiger partial charge < -0.3 is 4.74 Å². The smallest absolute Gasteiger partial charge is 0.293 e. The Kier molecular flexibility index (Phi) is 5.46. The van der Waals surface area contributed by atoms with Gasteiger partial charge in [0.2, 0.25) is 0 Å². The first-order valence-corrected chi connectivity index (χ1v) is 9.00. The van der Waals surface area contributed by atoms with Crippen LogP contribution in [0.4, 0.5) is 4.79 Å². The molecule has 1 aliphatic rings. The van der Waals surface area contributed by atoms with Crippen molar-refractivity contribution in [1.29, 1.82) is 0 Å². The summed E-state index contributed by atoms with van der Waals surface area (Å²) < 4.78 is 5.88. The molecule has 0 bridgehead atoms. The van der Waals surface area contributed by atoms with Gasteiger partial charge in [0.25, 0.3) is 11.1 Å². The van der Waals surface area contributed by atoms with Crippen LogP contribution in [0.25, 0.3) is 6.08 Å². The van der Waals surface area contributed by atoms with E-state index >= 15 is 0 Å². The molecule has 128 valence electrons. The number of carbonyl (C=O) groups is 2. The summed E-state index contributed by atoms with van der Waals surface area (Å²) in [5.74, 6) is 0.365. The molecule has 25 heavy (non-hydrogen) atoms. The first-order valence-electron chi connectivity index (χ1n) is 7.80. The molecular weight excluding hydrogens is 358 g/mol. The summed E-state index contributed by atoms with van der Waals surface area (Å²) >= 11 is 7.10. The van der Waals surface area contributed by atoms with Crippen LogP contribution in [0.5, 0.6) is 5.75 Å². The number of amides is 2. The van der Waals surface area contributed by atoms with Crippen molar-refractivity contribution in [2.75, 3.05) is 6.54 Å². The lowest BCUT2D eigenvalue weighted by molar-refractivity contribution is -0.122. The van der Waals surface area contributed by atoms with Crippen molar-refractivity contribution in [2.45, 2.75) is 13.5 Å². The van der Waals surface area contributed by atoms with Crippen molar-refractivity contribution in [3.63, 3.8) is 0 Å². The minimum atomic E-state index is -0.265. The Morgan fingerprint density at radius 2 is 1.84 bits per heavy atom. The number of carbonyl (C=O) groups excluding carboxylic acids is 2. The van der Waals surface area contributed by atoms with E-state index in [1.807, 2.05) is 48.5 Å². The van der Waals surface area contributed by atoms with Gasteiger partial charge in [0.15, 0.2) is 0 Å². The molecule has 2 aromatic rings. The fourth-order valence-corrected chi connectivity index (χ4v) is 3.50. The van der Waals surface area contributed by atoms with Gasteiger partial charge in [-0.15, -0.1) is 0 Å². The van der Waals surface area contributed by atoms with Gasteiger partial charge >= 0.3 is 0 Å². The van der Waals surface area contributed by atoms with Gasteiger partial charge in [-0.25, -0.2) is 0 Å². The van der Waals surface area contributed by atoms with Crippen LogP contribution < -0.4 is 4.74 Å². The molecule has 6 heteroatoms. The molecule has 0 unspecified atom stereocenters. The summed E-state index contributed by atoms with van der Waals surface area (Å²) in [5.41, 5.74) is 1.63. The van der Waals surface area contributed by atoms with E-state index in [1.54, 1.807) is 13.0 Å². The maximum Gasteiger partial charge on any atom is 0.293 e. The summed E-state index contributed by atoms with van der Waals surface area (Å²) in [6, 6.07) is 14.9. The van der Waals surface area contributed by atoms with Crippen LogP contribution in [-0.4, -0.2) is 22.6 Å². The lowest BCUT2D eigenvalue weighted by Gasteiger charge is -2.11. The maximum absolute atomic E-state index is 12.2. The van der Waals surface area contributed by atoms with E-state index in [4.69, 9.17) is 16.3 Å². The van der Waals surface area contributed by atoms with Gasteiger partial charge in [-0.2, -0.15) is 0 Å². The monoisotopic (exact) mass is 373 g/mol. The number of hydrogen-bond donors (Lipinski definition) is 0. The molecule has 0 aromatic heterocycles. The van der Waals surface area contributed by atoms with Gasteiger partial charge in [-0.3, -0.25) is 14.5 Å². The van der Waals surface area contributed by atoms with Crippen LogP contribution in [0.1, 0.15) is 18.1 Å². The third-order valence-electron chi connectivity index (χ3n) is 3.74. The molecule has 2 aromatic carbocycles. The molecule has 0 atom stereocenters. The maximum atomic E-state index is 12.2. The second kappa shape index (κ2) is 7.76. The van der Waals surface area contributed by atoms with E-state index in [0.717, 1.165) is 22.9 Å². The minimum absolute atomic E-state index is 0.242. The zero-order valence-electron chi connectivity index (χ0n) is 13.6. The van der Waals surface area contributed by atoms with E-state index in [9.17, 15) is 9.59 Å². The van der Waals surface area contributed by atoms with Crippen molar-refractivity contribution in [1.82, 2.24) is 4.90 Å². The van der Waals surface area contributed by atoms with Crippen LogP contribution >= 0.6 is 23.4 Å². The Bertz CT molecular complexity index is 850. The molecule has 4 nitrogen and oxygen atoms in total. The van der Waals surface area contributed by atoms with Gasteiger partial charge in [0.05, 0.1) is 4.91 Å². The fraction of sp³-hybridized carbons (Fsp3) is 0.158. The number of benzene rings is 2. The predicted octanol–water partition coefficient (Wildman–Crippen LogP) is 4.98. The van der Waals surface area contributed by atoms with Crippen LogP contribution in [0.3, 0.4) is 0 Å². The Hall–Kier alpha value is -2.24. The van der Waals surface area contributed by atoms with Crippen molar-refractivity contribution < 1.29 is 14.3 Å². The minimum Gasteiger partial charge on any atom is -0.488 e. The molecule has 1 heterocycles. The molecule has 1 fully saturated rings. The standard InChI is InChI=1S/C19H16ClNO3S/c1-2-21-18(22)17(25-19(21)23)11-13-7-4-6-10-16(13)24-12-14-8-3-5-9-15(14)20/h3-11H,2,12H2,1H3. The first kappa shape index (κ1) is 17.6. The molecule has 2 amide bonds. The SMILES string of the molecule is CCN1C(=O)SC(=Cc2ccccc2OCc2ccccc2Cl)C1=O. The topological polar surface area (TPSA) is 46.6 Å². The number of rotatable bonds is 5. The largest absolute Gasteiger partial charge is 0.488 e. The molecule has 1 aliphatic heterocycles. The van der Waals surface area contributed by atoms with Gasteiger partial charge in [-0.1, -0.05) is 48.0 Å². The Morgan fingerprint density at radius 1 is 1.12 bits per heavy atom. The Balaban J connectivity index is 1.82. The van der Waals surface area contributed by atoms with Crippen LogP contribution in [0, 0.1) is 0 Å². The quantitative estimate of drug-likeness (QED) is 0.694. The number of likely N-dealkylation sites (N-methyl/N-ethyl adjacent to an activating group) is 1. The average Bonchev–Trinajstić information content (AvgIpc) is 2.88. The molecule has 0 N–H and O–H groups in total. The summed E-state index contributed by atoms with van der Waals surface area (Å²) in [6.07, 6.45) is 1.70. The molecule has 0 aliphatic carbocycles. The van der Waals surface area contributed by atoms with Gasteiger partial charge in [0.1, 0.15) is 12.4 Å². The van der Waals surface area contributed by atoms with E-state index in [1.165, 1.54) is 4.90 Å². The highest BCUT2D eigenvalue weighted by Gasteiger charge is 2.33. The molecule has 1 saturated heterocycles. The molecule has 0 saturated carbocycles. The van der Waals surface area contributed by atoms with E-state index in [0.29, 0.717) is 28.8 Å². The van der Waals surface area contributed by atoms with Crippen molar-refractivity contribution >= 4 is 40.6 Å². The number of ether oxygens (including phenoxy) is 1. The van der Waals surface area contributed by atoms with Crippen molar-refractivity contribution in [3.05, 3.63) is 69.6 Å². The molecule has 0 radical (unpaired) electrons. The van der Waals surface area contributed by atoms with Crippen LogP contribution in [-0.2, 0) is 11.4 Å². The second-order valence-corrected chi connectivity index (χ2v) is 6.74. The van der Waals surface area contributed by atoms with Gasteiger partial charge in [0, 0.05) is 22.7 Å². The van der Waals surface area contributed by atoms with E-state index in [-0.39, 0.29) is 11.1 Å². The van der Waals surface area contributed by atoms with Crippen molar-refractivity contribution in [2.24, 2.45) is 0 Å². The second-order valence-electron chi connectivity index (χ2n) is 5.34. The lowest BCUT2D eigenvalue weighted by atomic mass is 10.1. The third kappa shape index (κ3) is 3.89. The highest BCUT2D eigenvalue weighted by molar-refractivity contribution is 8.18. The average molecular weight is 374 g/mol. The number of imide groups is 1. The van der Waals surface area contributed by atoms with E-state index in [2.05, 4.69) is 0 Å². The zero-order chi connectivity index (χ0) is 17.8. The Labute approximate surface area is 155 Å². The fourth-order valence-electron chi connectivity index (χ4n) is 2.42.